The van der Waals surface area contributed by atoms with Crippen molar-refractivity contribution in [1.29, 1.82) is 0 Å². The Morgan fingerprint density at radius 1 is 0.500 bits per heavy atom. The zero-order chi connectivity index (χ0) is 41.9. The molecule has 3 aliphatic heterocycles. The molecule has 3 rings (SSSR count). The highest BCUT2D eigenvalue weighted by atomic mass is 16.8. The fraction of sp³-hybridized carbons (Fsp3) is 0.568. The van der Waals surface area contributed by atoms with Crippen LogP contribution in [0.15, 0.2) is 83.1 Å². The standard InChI is InChI=1S/C37H52O19/c1-17(9-5-6-10-18(2)12-8-14-20(4)33(49)55-37-31(47)27(43)28(44)34(50)56-37)11-7-13-19(3)32(48)54-36-30(46)26(42)24(40)22(53-36)16-51-35-29(45)25(41)23(39)21(15-38)52-35/h5-14,21-31,34-47,50H,15-16H2,1-4H3/b6-5+,11-7+,12-8+,17-9+,18-10+,19-13+,20-14+/t21-,22-,23-,24-,25-,26-,27-,28+,29-,30-,31-,34+,35+,36-,37+/m1/s1. The van der Waals surface area contributed by atoms with Crippen molar-refractivity contribution in [1.82, 2.24) is 0 Å². The normalized spacial score (nSPS) is 38.1. The predicted octanol–water partition coefficient (Wildman–Crippen LogP) is -3.09. The molecule has 3 aliphatic rings. The molecule has 0 saturated carbocycles. The molecule has 0 aromatic heterocycles. The molecule has 3 fully saturated rings. The van der Waals surface area contributed by atoms with Crippen LogP contribution in [0.25, 0.3) is 0 Å². The molecule has 0 bridgehead atoms. The lowest BCUT2D eigenvalue weighted by Crippen LogP contribution is -2.61. The van der Waals surface area contributed by atoms with E-state index in [1.165, 1.54) is 26.0 Å². The van der Waals surface area contributed by atoms with Crippen molar-refractivity contribution in [3.63, 3.8) is 0 Å². The molecule has 11 N–H and O–H groups in total. The third-order valence-corrected chi connectivity index (χ3v) is 8.82. The summed E-state index contributed by atoms with van der Waals surface area (Å²) in [6, 6.07) is 0. The smallest absolute Gasteiger partial charge is 0.336 e. The number of rotatable bonds is 14. The van der Waals surface area contributed by atoms with Gasteiger partial charge in [-0.2, -0.15) is 0 Å². The fourth-order valence-electron chi connectivity index (χ4n) is 5.22. The van der Waals surface area contributed by atoms with Gasteiger partial charge in [0.25, 0.3) is 0 Å². The largest absolute Gasteiger partial charge is 0.429 e. The van der Waals surface area contributed by atoms with Crippen molar-refractivity contribution in [3.8, 4) is 0 Å². The van der Waals surface area contributed by atoms with Crippen LogP contribution in [0.1, 0.15) is 27.7 Å². The number of aliphatic hydroxyl groups is 11. The number of hydrogen-bond acceptors (Lipinski definition) is 19. The molecular weight excluding hydrogens is 748 g/mol. The number of carbonyl (C=O) groups is 2. The molecule has 0 radical (unpaired) electrons. The molecule has 19 nitrogen and oxygen atoms in total. The van der Waals surface area contributed by atoms with Gasteiger partial charge in [-0.15, -0.1) is 0 Å². The van der Waals surface area contributed by atoms with Gasteiger partial charge in [-0.1, -0.05) is 71.9 Å². The topological polar surface area (TPSA) is 312 Å². The van der Waals surface area contributed by atoms with Gasteiger partial charge in [0.2, 0.25) is 12.6 Å². The molecule has 3 saturated heterocycles. The maximum Gasteiger partial charge on any atom is 0.336 e. The lowest BCUT2D eigenvalue weighted by Gasteiger charge is -2.42. The van der Waals surface area contributed by atoms with Gasteiger partial charge in [-0.05, 0) is 27.7 Å². The van der Waals surface area contributed by atoms with Gasteiger partial charge in [-0.25, -0.2) is 9.59 Å². The monoisotopic (exact) mass is 800 g/mol. The van der Waals surface area contributed by atoms with Gasteiger partial charge in [0, 0.05) is 11.1 Å². The van der Waals surface area contributed by atoms with E-state index in [-0.39, 0.29) is 11.1 Å². The highest BCUT2D eigenvalue weighted by Gasteiger charge is 2.48. The van der Waals surface area contributed by atoms with Gasteiger partial charge in [-0.3, -0.25) is 0 Å². The van der Waals surface area contributed by atoms with Crippen LogP contribution in [-0.4, -0.2) is 174 Å². The van der Waals surface area contributed by atoms with E-state index in [9.17, 15) is 65.8 Å². The SMILES string of the molecule is CC(/C=C/C=C(\C)C(=O)O[C@H]1O[C@H](O)[C@@H](O)[C@@H](O)[C@H]1O)=C\C=C\C=C(C)\C=C\C=C(/C)C(=O)O[C@H]1O[C@H](CO[C@H]2O[C@H](CO)[C@@H](O)[C@@H](O)[C@H]2O)[C@@H](O)[C@@H](O)[C@H]1O. The van der Waals surface area contributed by atoms with Gasteiger partial charge < -0.3 is 84.6 Å². The second kappa shape index (κ2) is 21.9. The van der Waals surface area contributed by atoms with E-state index in [1.807, 2.05) is 6.92 Å². The molecule has 0 aromatic carbocycles. The first kappa shape index (κ1) is 46.9. The van der Waals surface area contributed by atoms with Crippen LogP contribution in [0.4, 0.5) is 0 Å². The second-order valence-electron chi connectivity index (χ2n) is 13.3. The van der Waals surface area contributed by atoms with E-state index in [0.717, 1.165) is 11.1 Å². The summed E-state index contributed by atoms with van der Waals surface area (Å²) in [5, 5.41) is 109. The van der Waals surface area contributed by atoms with Crippen molar-refractivity contribution < 1.29 is 94.2 Å². The average molecular weight is 801 g/mol. The zero-order valence-corrected chi connectivity index (χ0v) is 31.0. The third-order valence-electron chi connectivity index (χ3n) is 8.82. The van der Waals surface area contributed by atoms with Crippen LogP contribution in [0, 0.1) is 0 Å². The number of aliphatic hydroxyl groups excluding tert-OH is 11. The van der Waals surface area contributed by atoms with Crippen molar-refractivity contribution in [2.45, 2.75) is 120 Å². The second-order valence-corrected chi connectivity index (χ2v) is 13.3. The van der Waals surface area contributed by atoms with Crippen LogP contribution in [0.2, 0.25) is 0 Å². The molecule has 0 amide bonds. The van der Waals surface area contributed by atoms with Gasteiger partial charge in [0.1, 0.15) is 67.1 Å². The van der Waals surface area contributed by atoms with E-state index in [0.29, 0.717) is 0 Å². The van der Waals surface area contributed by atoms with E-state index in [1.54, 1.807) is 55.5 Å². The minimum atomic E-state index is -1.85. The molecule has 19 heteroatoms. The summed E-state index contributed by atoms with van der Waals surface area (Å²) in [6.45, 7) is 5.21. The minimum Gasteiger partial charge on any atom is -0.429 e. The minimum absolute atomic E-state index is 0.0929. The Kier molecular flexibility index (Phi) is 18.3. The molecule has 0 unspecified atom stereocenters. The van der Waals surface area contributed by atoms with E-state index >= 15 is 0 Å². The molecule has 314 valence electrons. The first-order valence-electron chi connectivity index (χ1n) is 17.5. The lowest BCUT2D eigenvalue weighted by atomic mass is 9.98. The van der Waals surface area contributed by atoms with Crippen molar-refractivity contribution >= 4 is 11.9 Å². The summed E-state index contributed by atoms with van der Waals surface area (Å²) in [7, 11) is 0. The molecule has 3 heterocycles. The van der Waals surface area contributed by atoms with E-state index < -0.39 is 117 Å². The molecular formula is C37H52O19. The summed E-state index contributed by atoms with van der Waals surface area (Å²) in [6.07, 6.45) is -8.69. The van der Waals surface area contributed by atoms with Crippen molar-refractivity contribution in [2.24, 2.45) is 0 Å². The highest BCUT2D eigenvalue weighted by molar-refractivity contribution is 5.88. The van der Waals surface area contributed by atoms with Gasteiger partial charge in [0.05, 0.1) is 13.2 Å². The summed E-state index contributed by atoms with van der Waals surface area (Å²) in [4.78, 5) is 25.0. The number of hydrogen-bond donors (Lipinski definition) is 11. The zero-order valence-electron chi connectivity index (χ0n) is 31.0. The highest BCUT2D eigenvalue weighted by Crippen LogP contribution is 2.27. The van der Waals surface area contributed by atoms with Gasteiger partial charge in [0.15, 0.2) is 12.6 Å². The van der Waals surface area contributed by atoms with E-state index in [2.05, 4.69) is 0 Å². The first-order chi connectivity index (χ1) is 26.4. The Morgan fingerprint density at radius 2 is 0.911 bits per heavy atom. The predicted molar refractivity (Wildman–Crippen MR) is 190 cm³/mol. The molecule has 0 aliphatic carbocycles. The fourth-order valence-corrected chi connectivity index (χ4v) is 5.22. The Bertz CT molecular complexity index is 1530. The van der Waals surface area contributed by atoms with Crippen LogP contribution >= 0.6 is 0 Å². The van der Waals surface area contributed by atoms with Crippen molar-refractivity contribution in [3.05, 3.63) is 83.1 Å². The summed E-state index contributed by atoms with van der Waals surface area (Å²) in [5.74, 6) is -1.79. The van der Waals surface area contributed by atoms with Gasteiger partial charge >= 0.3 is 11.9 Å². The average Bonchev–Trinajstić information content (AvgIpc) is 3.16. The maximum atomic E-state index is 12.7. The number of esters is 2. The summed E-state index contributed by atoms with van der Waals surface area (Å²) in [5.41, 5.74) is 1.83. The number of ether oxygens (including phenoxy) is 6. The summed E-state index contributed by atoms with van der Waals surface area (Å²) < 4.78 is 31.1. The molecule has 15 atom stereocenters. The van der Waals surface area contributed by atoms with Crippen LogP contribution in [0.5, 0.6) is 0 Å². The van der Waals surface area contributed by atoms with Crippen molar-refractivity contribution in [2.75, 3.05) is 13.2 Å². The maximum absolute atomic E-state index is 12.7. The molecule has 56 heavy (non-hydrogen) atoms. The first-order valence-corrected chi connectivity index (χ1v) is 17.5. The van der Waals surface area contributed by atoms with E-state index in [4.69, 9.17) is 28.4 Å². The molecule has 0 aromatic rings. The Balaban J connectivity index is 1.48. The number of allylic oxidation sites excluding steroid dienone is 12. The van der Waals surface area contributed by atoms with Crippen LogP contribution in [-0.2, 0) is 38.0 Å². The Labute approximate surface area is 322 Å². The lowest BCUT2D eigenvalue weighted by molar-refractivity contribution is -0.330. The Hall–Kier alpha value is -3.48. The molecule has 0 spiro atoms. The number of carbonyl (C=O) groups excluding carboxylic acids is 2. The van der Waals surface area contributed by atoms with Crippen LogP contribution in [0.3, 0.4) is 0 Å². The Morgan fingerprint density at radius 3 is 1.39 bits per heavy atom. The summed E-state index contributed by atoms with van der Waals surface area (Å²) >= 11 is 0. The van der Waals surface area contributed by atoms with Crippen LogP contribution < -0.4 is 0 Å². The third kappa shape index (κ3) is 12.8. The quantitative estimate of drug-likeness (QED) is 0.0471.